The largest absolute Gasteiger partial charge is 0.466 e. The number of halogens is 2. The summed E-state index contributed by atoms with van der Waals surface area (Å²) in [7, 11) is 1.38. The fourth-order valence-electron chi connectivity index (χ4n) is 3.78. The van der Waals surface area contributed by atoms with Crippen molar-refractivity contribution in [2.75, 3.05) is 13.9 Å². The molecule has 0 spiro atoms. The molecule has 2 heterocycles. The highest BCUT2D eigenvalue weighted by Gasteiger charge is 2.43. The van der Waals surface area contributed by atoms with Crippen LogP contribution in [0, 0.1) is 5.92 Å². The number of hydrogen-bond donors (Lipinski definition) is 0. The fraction of sp³-hybridized carbons (Fsp3) is 0.520. The standard InChI is InChI=1S/C25H30F2O8/c1-14-9-10-18(28)22-19(34-25(3,4)35-22)8-6-7-16-11-17(33-24(26)27)12-20(31-13-30-5)21(16)23(29)32-15(14)2/h6-7,9-12,14-15,19,22,24H,8,13H2,1-5H3/b7-6?,10-9-/t14-,15+,19+,22-/m1/s1. The first-order valence-electron chi connectivity index (χ1n) is 11.2. The van der Waals surface area contributed by atoms with E-state index in [2.05, 4.69) is 4.74 Å². The molecule has 1 aromatic rings. The molecule has 192 valence electrons. The number of benzene rings is 1. The molecule has 2 aliphatic heterocycles. The molecule has 8 nitrogen and oxygen atoms in total. The highest BCUT2D eigenvalue weighted by Crippen LogP contribution is 2.34. The average Bonchev–Trinajstić information content (AvgIpc) is 3.08. The van der Waals surface area contributed by atoms with Crippen LogP contribution in [0.4, 0.5) is 8.78 Å². The fourth-order valence-corrected chi connectivity index (χ4v) is 3.78. The molecule has 0 aromatic heterocycles. The van der Waals surface area contributed by atoms with Gasteiger partial charge in [0, 0.05) is 19.1 Å². The molecule has 1 saturated heterocycles. The summed E-state index contributed by atoms with van der Waals surface area (Å²) in [6.45, 7) is 3.60. The number of esters is 1. The number of cyclic esters (lactones) is 1. The van der Waals surface area contributed by atoms with Crippen LogP contribution in [0.15, 0.2) is 30.4 Å². The van der Waals surface area contributed by atoms with Crippen molar-refractivity contribution in [3.05, 3.63) is 41.5 Å². The quantitative estimate of drug-likeness (QED) is 0.435. The smallest absolute Gasteiger partial charge is 0.387 e. The second kappa shape index (κ2) is 11.3. The lowest BCUT2D eigenvalue weighted by atomic mass is 9.99. The van der Waals surface area contributed by atoms with E-state index >= 15 is 0 Å². The number of fused-ring (bicyclic) bond motifs is 2. The zero-order chi connectivity index (χ0) is 25.8. The molecule has 2 aliphatic rings. The number of carbonyl (C=O) groups excluding carboxylic acids is 2. The second-order valence-corrected chi connectivity index (χ2v) is 8.78. The van der Waals surface area contributed by atoms with Crippen molar-refractivity contribution in [1.82, 2.24) is 0 Å². The molecule has 0 bridgehead atoms. The van der Waals surface area contributed by atoms with E-state index in [0.717, 1.165) is 0 Å². The molecule has 35 heavy (non-hydrogen) atoms. The van der Waals surface area contributed by atoms with Gasteiger partial charge in [0.25, 0.3) is 0 Å². The molecular formula is C25H30F2O8. The third-order valence-corrected chi connectivity index (χ3v) is 5.60. The Morgan fingerprint density at radius 1 is 1.14 bits per heavy atom. The molecular weight excluding hydrogens is 466 g/mol. The number of ketones is 1. The summed E-state index contributed by atoms with van der Waals surface area (Å²) >= 11 is 0. The number of carbonyl (C=O) groups is 2. The van der Waals surface area contributed by atoms with Gasteiger partial charge in [0.15, 0.2) is 18.4 Å². The summed E-state index contributed by atoms with van der Waals surface area (Å²) in [6.07, 6.45) is 4.49. The number of alkyl halides is 2. The van der Waals surface area contributed by atoms with Gasteiger partial charge in [-0.25, -0.2) is 4.79 Å². The third kappa shape index (κ3) is 6.87. The van der Waals surface area contributed by atoms with Gasteiger partial charge in [-0.1, -0.05) is 25.2 Å². The monoisotopic (exact) mass is 496 g/mol. The Balaban J connectivity index is 2.09. The van der Waals surface area contributed by atoms with E-state index in [0.29, 0.717) is 0 Å². The van der Waals surface area contributed by atoms with Crippen molar-refractivity contribution in [2.24, 2.45) is 5.92 Å². The summed E-state index contributed by atoms with van der Waals surface area (Å²) in [5.41, 5.74) is 0.254. The minimum atomic E-state index is -3.08. The summed E-state index contributed by atoms with van der Waals surface area (Å²) in [5.74, 6) is -2.51. The van der Waals surface area contributed by atoms with Crippen molar-refractivity contribution in [1.29, 1.82) is 0 Å². The van der Waals surface area contributed by atoms with E-state index in [9.17, 15) is 18.4 Å². The molecule has 3 rings (SSSR count). The van der Waals surface area contributed by atoms with Gasteiger partial charge in [-0.05, 0) is 44.9 Å². The van der Waals surface area contributed by atoms with Gasteiger partial charge in [0.2, 0.25) is 0 Å². The van der Waals surface area contributed by atoms with E-state index in [1.165, 1.54) is 25.3 Å². The van der Waals surface area contributed by atoms with Crippen LogP contribution in [0.25, 0.3) is 6.08 Å². The Morgan fingerprint density at radius 2 is 1.89 bits per heavy atom. The van der Waals surface area contributed by atoms with Crippen molar-refractivity contribution in [3.8, 4) is 11.5 Å². The maximum absolute atomic E-state index is 13.2. The molecule has 1 fully saturated rings. The molecule has 0 saturated carbocycles. The second-order valence-electron chi connectivity index (χ2n) is 8.78. The van der Waals surface area contributed by atoms with Gasteiger partial charge < -0.3 is 28.4 Å². The predicted octanol–water partition coefficient (Wildman–Crippen LogP) is 4.51. The lowest BCUT2D eigenvalue weighted by molar-refractivity contribution is -0.152. The van der Waals surface area contributed by atoms with Crippen molar-refractivity contribution < 1.29 is 46.8 Å². The Labute approximate surface area is 202 Å². The van der Waals surface area contributed by atoms with Gasteiger partial charge in [-0.15, -0.1) is 0 Å². The van der Waals surface area contributed by atoms with Crippen molar-refractivity contribution in [3.63, 3.8) is 0 Å². The zero-order valence-corrected chi connectivity index (χ0v) is 20.3. The molecule has 10 heteroatoms. The van der Waals surface area contributed by atoms with E-state index in [4.69, 9.17) is 23.7 Å². The van der Waals surface area contributed by atoms with Crippen molar-refractivity contribution >= 4 is 17.8 Å². The molecule has 0 radical (unpaired) electrons. The average molecular weight is 497 g/mol. The molecule has 0 aliphatic carbocycles. The van der Waals surface area contributed by atoms with Gasteiger partial charge in [0.05, 0.1) is 6.10 Å². The van der Waals surface area contributed by atoms with Crippen LogP contribution in [0.2, 0.25) is 0 Å². The highest BCUT2D eigenvalue weighted by atomic mass is 19.3. The Bertz CT molecular complexity index is 988. The van der Waals surface area contributed by atoms with Crippen LogP contribution >= 0.6 is 0 Å². The third-order valence-electron chi connectivity index (χ3n) is 5.60. The van der Waals surface area contributed by atoms with Crippen LogP contribution in [0.5, 0.6) is 11.5 Å². The van der Waals surface area contributed by atoms with E-state index in [1.807, 2.05) is 0 Å². The highest BCUT2D eigenvalue weighted by molar-refractivity contribution is 5.97. The first kappa shape index (κ1) is 26.8. The maximum atomic E-state index is 13.2. The normalized spacial score (nSPS) is 27.5. The molecule has 0 unspecified atom stereocenters. The van der Waals surface area contributed by atoms with Gasteiger partial charge in [-0.2, -0.15) is 8.78 Å². The number of methoxy groups -OCH3 is 1. The first-order valence-corrected chi connectivity index (χ1v) is 11.2. The van der Waals surface area contributed by atoms with Gasteiger partial charge >= 0.3 is 12.6 Å². The summed E-state index contributed by atoms with van der Waals surface area (Å²) in [4.78, 5) is 26.0. The summed E-state index contributed by atoms with van der Waals surface area (Å²) in [6, 6.07) is 2.47. The summed E-state index contributed by atoms with van der Waals surface area (Å²) < 4.78 is 58.2. The Morgan fingerprint density at radius 3 is 2.57 bits per heavy atom. The molecule has 1 aromatic carbocycles. The Kier molecular flexibility index (Phi) is 8.63. The van der Waals surface area contributed by atoms with Crippen LogP contribution in [-0.4, -0.2) is 56.4 Å². The van der Waals surface area contributed by atoms with Gasteiger partial charge in [0.1, 0.15) is 29.3 Å². The topological polar surface area (TPSA) is 89.5 Å². The van der Waals surface area contributed by atoms with Gasteiger partial charge in [-0.3, -0.25) is 4.79 Å². The Hall–Kier alpha value is -2.82. The van der Waals surface area contributed by atoms with Crippen LogP contribution in [0.1, 0.15) is 50.0 Å². The van der Waals surface area contributed by atoms with E-state index in [1.54, 1.807) is 45.9 Å². The molecule has 4 atom stereocenters. The molecule has 0 N–H and O–H groups in total. The lowest BCUT2D eigenvalue weighted by Crippen LogP contribution is -2.30. The molecule has 0 amide bonds. The van der Waals surface area contributed by atoms with E-state index in [-0.39, 0.29) is 47.5 Å². The predicted molar refractivity (Wildman–Crippen MR) is 121 cm³/mol. The summed E-state index contributed by atoms with van der Waals surface area (Å²) in [5, 5.41) is 0. The maximum Gasteiger partial charge on any atom is 0.387 e. The van der Waals surface area contributed by atoms with Crippen LogP contribution < -0.4 is 9.47 Å². The van der Waals surface area contributed by atoms with Crippen molar-refractivity contribution in [2.45, 2.75) is 64.8 Å². The van der Waals surface area contributed by atoms with E-state index < -0.39 is 36.7 Å². The zero-order valence-electron chi connectivity index (χ0n) is 20.3. The minimum absolute atomic E-state index is 0.0246. The number of hydrogen-bond acceptors (Lipinski definition) is 8. The number of rotatable bonds is 5. The number of ether oxygens (including phenoxy) is 6. The van der Waals surface area contributed by atoms with Crippen LogP contribution in [-0.2, 0) is 23.7 Å². The van der Waals surface area contributed by atoms with Crippen LogP contribution in [0.3, 0.4) is 0 Å². The SMILES string of the molecule is COCOc1cc(OC(F)F)cc2c1C(=O)O[C@@H](C)[C@H](C)/C=C\C(=O)[C@H]1OC(C)(C)O[C@H]1CC=C2. The first-order chi connectivity index (χ1) is 16.5. The minimum Gasteiger partial charge on any atom is -0.466 e. The lowest BCUT2D eigenvalue weighted by Gasteiger charge is -2.21.